The highest BCUT2D eigenvalue weighted by atomic mass is 79.9. The Kier molecular flexibility index (Phi) is 9.23. The molecule has 0 aliphatic carbocycles. The van der Waals surface area contributed by atoms with Crippen LogP contribution in [-0.4, -0.2) is 22.7 Å². The lowest BCUT2D eigenvalue weighted by molar-refractivity contribution is -0.427. The Morgan fingerprint density at radius 2 is 2.23 bits per heavy atom. The molecule has 0 amide bonds. The zero-order valence-electron chi connectivity index (χ0n) is 11.1. The van der Waals surface area contributed by atoms with Crippen LogP contribution in [0, 0.1) is 10.1 Å². The van der Waals surface area contributed by atoms with E-state index in [1.165, 1.54) is 12.3 Å². The van der Waals surface area contributed by atoms with Crippen LogP contribution in [0.1, 0.15) is 13.3 Å². The first-order chi connectivity index (χ1) is 10.3. The maximum Gasteiger partial charge on any atom is 0.387 e. The molecule has 0 aromatic carbocycles. The van der Waals surface area contributed by atoms with E-state index in [2.05, 4.69) is 31.0 Å². The Labute approximate surface area is 131 Å². The van der Waals surface area contributed by atoms with Gasteiger partial charge in [-0.3, -0.25) is 10.1 Å². The van der Waals surface area contributed by atoms with Crippen molar-refractivity contribution in [2.45, 2.75) is 20.0 Å². The summed E-state index contributed by atoms with van der Waals surface area (Å²) in [5, 5.41) is 13.1. The topological polar surface area (TPSA) is 111 Å². The largest absolute Gasteiger partial charge is 0.431 e. The van der Waals surface area contributed by atoms with Crippen molar-refractivity contribution in [1.29, 1.82) is 0 Å². The zero-order chi connectivity index (χ0) is 17.1. The molecule has 22 heavy (non-hydrogen) atoms. The first-order valence-electron chi connectivity index (χ1n) is 5.55. The van der Waals surface area contributed by atoms with E-state index < -0.39 is 11.5 Å². The molecule has 0 fully saturated rings. The lowest BCUT2D eigenvalue weighted by Gasteiger charge is -2.09. The second-order valence-electron chi connectivity index (χ2n) is 3.35. The minimum atomic E-state index is -3.01. The number of carbonyl (C=O) groups excluding carboxylic acids is 2. The first-order valence-corrected chi connectivity index (χ1v) is 6.34. The van der Waals surface area contributed by atoms with Gasteiger partial charge in [0.2, 0.25) is 0 Å². The standard InChI is InChI=1S/C10H10BrF2N3O3.CO2/c1-2-7(16(17)18)5-15-9-8(19-10(12)13)3-6(11)4-14-9;2-1-3/h3-5,10H,2H2,1H3,(H,14,15);/b7-5-;. The average molecular weight is 382 g/mol. The molecule has 1 rings (SSSR count). The van der Waals surface area contributed by atoms with Gasteiger partial charge in [0.1, 0.15) is 0 Å². The van der Waals surface area contributed by atoms with Gasteiger partial charge >= 0.3 is 12.8 Å². The molecule has 1 aromatic rings. The SMILES string of the molecule is CC/C(=C/Nc1ncc(Br)cc1OC(F)F)[N+](=O)[O-].O=C=O. The number of nitrogens with zero attached hydrogens (tertiary/aromatic N) is 2. The molecule has 0 aliphatic rings. The van der Waals surface area contributed by atoms with E-state index in [9.17, 15) is 18.9 Å². The summed E-state index contributed by atoms with van der Waals surface area (Å²) >= 11 is 3.06. The molecule has 0 unspecified atom stereocenters. The van der Waals surface area contributed by atoms with E-state index in [4.69, 9.17) is 9.59 Å². The van der Waals surface area contributed by atoms with Gasteiger partial charge < -0.3 is 10.1 Å². The third-order valence-electron chi connectivity index (χ3n) is 2.01. The molecule has 11 heteroatoms. The Bertz CT molecular complexity index is 577. The van der Waals surface area contributed by atoms with Crippen LogP contribution in [0.25, 0.3) is 0 Å². The van der Waals surface area contributed by atoms with Gasteiger partial charge in [-0.05, 0) is 22.0 Å². The van der Waals surface area contributed by atoms with Crippen LogP contribution >= 0.6 is 15.9 Å². The van der Waals surface area contributed by atoms with Gasteiger partial charge in [0.25, 0.3) is 5.70 Å². The number of hydrogen-bond donors (Lipinski definition) is 1. The van der Waals surface area contributed by atoms with Gasteiger partial charge in [-0.15, -0.1) is 0 Å². The van der Waals surface area contributed by atoms with E-state index in [-0.39, 0.29) is 29.8 Å². The van der Waals surface area contributed by atoms with Crippen LogP contribution in [0.4, 0.5) is 14.6 Å². The first kappa shape index (κ1) is 19.6. The number of allylic oxidation sites excluding steroid dienone is 1. The monoisotopic (exact) mass is 381 g/mol. The highest BCUT2D eigenvalue weighted by molar-refractivity contribution is 9.10. The number of halogens is 3. The van der Waals surface area contributed by atoms with Crippen molar-refractivity contribution in [2.24, 2.45) is 0 Å². The second kappa shape index (κ2) is 10.4. The molecule has 0 spiro atoms. The number of ether oxygens (including phenoxy) is 1. The molecule has 8 nitrogen and oxygen atoms in total. The molecule has 120 valence electrons. The van der Waals surface area contributed by atoms with Crippen molar-refractivity contribution in [3.05, 3.63) is 38.7 Å². The quantitative estimate of drug-likeness (QED) is 0.595. The van der Waals surface area contributed by atoms with E-state index in [1.54, 1.807) is 6.92 Å². The van der Waals surface area contributed by atoms with E-state index in [0.717, 1.165) is 6.20 Å². The van der Waals surface area contributed by atoms with Crippen molar-refractivity contribution in [3.63, 3.8) is 0 Å². The predicted molar refractivity (Wildman–Crippen MR) is 72.6 cm³/mol. The molecule has 0 aliphatic heterocycles. The number of alkyl halides is 2. The fraction of sp³-hybridized carbons (Fsp3) is 0.273. The van der Waals surface area contributed by atoms with E-state index >= 15 is 0 Å². The summed E-state index contributed by atoms with van der Waals surface area (Å²) in [6.07, 6.45) is 2.88. The minimum Gasteiger partial charge on any atom is -0.431 e. The van der Waals surface area contributed by atoms with Crippen molar-refractivity contribution in [3.8, 4) is 5.75 Å². The van der Waals surface area contributed by atoms with Crippen molar-refractivity contribution in [2.75, 3.05) is 5.32 Å². The Hall–Kier alpha value is -2.39. The lowest BCUT2D eigenvalue weighted by atomic mass is 10.3. The molecule has 0 atom stereocenters. The molecule has 1 aromatic heterocycles. The lowest BCUT2D eigenvalue weighted by Crippen LogP contribution is -2.07. The van der Waals surface area contributed by atoms with Gasteiger partial charge in [-0.25, -0.2) is 4.98 Å². The number of nitrogens with one attached hydrogen (secondary N) is 1. The highest BCUT2D eigenvalue weighted by Gasteiger charge is 2.13. The van der Waals surface area contributed by atoms with Gasteiger partial charge in [0, 0.05) is 17.1 Å². The molecule has 0 radical (unpaired) electrons. The zero-order valence-corrected chi connectivity index (χ0v) is 12.7. The van der Waals surface area contributed by atoms with Gasteiger partial charge in [-0.1, -0.05) is 6.92 Å². The normalized spacial score (nSPS) is 10.3. The van der Waals surface area contributed by atoms with Crippen LogP contribution in [0.5, 0.6) is 5.75 Å². The van der Waals surface area contributed by atoms with E-state index in [1.807, 2.05) is 0 Å². The molecule has 1 N–H and O–H groups in total. The van der Waals surface area contributed by atoms with Crippen LogP contribution in [-0.2, 0) is 9.59 Å². The minimum absolute atomic E-state index is 0.0312. The van der Waals surface area contributed by atoms with Gasteiger partial charge in [0.15, 0.2) is 11.6 Å². The summed E-state index contributed by atoms with van der Waals surface area (Å²) in [6, 6.07) is 1.28. The van der Waals surface area contributed by atoms with E-state index in [0.29, 0.717) is 4.47 Å². The van der Waals surface area contributed by atoms with Crippen molar-refractivity contribution in [1.82, 2.24) is 4.98 Å². The predicted octanol–water partition coefficient (Wildman–Crippen LogP) is 2.80. The summed E-state index contributed by atoms with van der Waals surface area (Å²) in [6.45, 7) is -1.41. The second-order valence-corrected chi connectivity index (χ2v) is 4.27. The van der Waals surface area contributed by atoms with Crippen molar-refractivity contribution >= 4 is 27.9 Å². The van der Waals surface area contributed by atoms with Crippen LogP contribution < -0.4 is 10.1 Å². The van der Waals surface area contributed by atoms with Crippen molar-refractivity contribution < 1.29 is 28.0 Å². The Balaban J connectivity index is 0.00000135. The third-order valence-corrected chi connectivity index (χ3v) is 2.44. The molecule has 0 saturated heterocycles. The molecular weight excluding hydrogens is 372 g/mol. The number of hydrogen-bond acceptors (Lipinski definition) is 7. The summed E-state index contributed by atoms with van der Waals surface area (Å²) in [7, 11) is 0. The molecule has 0 saturated carbocycles. The summed E-state index contributed by atoms with van der Waals surface area (Å²) in [5.74, 6) is -0.240. The summed E-state index contributed by atoms with van der Waals surface area (Å²) in [4.78, 5) is 30.1. The third kappa shape index (κ3) is 7.41. The molecular formula is C11H10BrF2N3O5. The Morgan fingerprint density at radius 1 is 1.64 bits per heavy atom. The summed E-state index contributed by atoms with van der Waals surface area (Å²) < 4.78 is 29.1. The van der Waals surface area contributed by atoms with Gasteiger partial charge in [0.05, 0.1) is 11.1 Å². The smallest absolute Gasteiger partial charge is 0.387 e. The van der Waals surface area contributed by atoms with Crippen LogP contribution in [0.3, 0.4) is 0 Å². The Morgan fingerprint density at radius 3 is 2.68 bits per heavy atom. The number of anilines is 1. The maximum absolute atomic E-state index is 12.2. The number of aromatic nitrogens is 1. The van der Waals surface area contributed by atoms with Crippen LogP contribution in [0.2, 0.25) is 0 Å². The average Bonchev–Trinajstić information content (AvgIpc) is 2.41. The molecule has 0 bridgehead atoms. The fourth-order valence-corrected chi connectivity index (χ4v) is 1.46. The number of nitro groups is 1. The number of rotatable bonds is 6. The fourth-order valence-electron chi connectivity index (χ4n) is 1.15. The summed E-state index contributed by atoms with van der Waals surface area (Å²) in [5.41, 5.74) is -0.104. The maximum atomic E-state index is 12.2. The van der Waals surface area contributed by atoms with Gasteiger partial charge in [-0.2, -0.15) is 18.4 Å². The van der Waals surface area contributed by atoms with Crippen LogP contribution in [0.15, 0.2) is 28.6 Å². The number of pyridine rings is 1. The molecule has 1 heterocycles. The highest BCUT2D eigenvalue weighted by Crippen LogP contribution is 2.27.